The predicted molar refractivity (Wildman–Crippen MR) is 98.4 cm³/mol. The number of sulfonamides is 1. The van der Waals surface area contributed by atoms with Crippen molar-refractivity contribution >= 4 is 16.0 Å². The van der Waals surface area contributed by atoms with Gasteiger partial charge in [0.1, 0.15) is 18.6 Å². The number of hydrogen-bond acceptors (Lipinski definition) is 6. The highest BCUT2D eigenvalue weighted by molar-refractivity contribution is 7.89. The molecule has 27 heavy (non-hydrogen) atoms. The van der Waals surface area contributed by atoms with E-state index in [9.17, 15) is 13.2 Å². The van der Waals surface area contributed by atoms with Crippen LogP contribution in [0.5, 0.6) is 0 Å². The molecule has 1 heterocycles. The fourth-order valence-electron chi connectivity index (χ4n) is 2.28. The van der Waals surface area contributed by atoms with Gasteiger partial charge < -0.3 is 9.15 Å². The standard InChI is InChI=1S/C19H18N2O5S/c1-21(2)27(23,24)17-10-8-15(9-11-17)19(22)26-13-16-12-25-18(20-16)14-6-4-3-5-7-14/h3-12H,13H2,1-2H3. The molecular weight excluding hydrogens is 368 g/mol. The number of carbonyl (C=O) groups is 1. The first-order valence-corrected chi connectivity index (χ1v) is 9.51. The van der Waals surface area contributed by atoms with Crippen molar-refractivity contribution in [3.63, 3.8) is 0 Å². The number of carbonyl (C=O) groups excluding carboxylic acids is 1. The van der Waals surface area contributed by atoms with Gasteiger partial charge in [-0.05, 0) is 36.4 Å². The van der Waals surface area contributed by atoms with E-state index >= 15 is 0 Å². The van der Waals surface area contributed by atoms with Crippen LogP contribution in [-0.4, -0.2) is 37.8 Å². The number of esters is 1. The van der Waals surface area contributed by atoms with Gasteiger partial charge in [-0.1, -0.05) is 18.2 Å². The van der Waals surface area contributed by atoms with Crippen molar-refractivity contribution in [2.75, 3.05) is 14.1 Å². The Labute approximate surface area is 157 Å². The zero-order valence-corrected chi connectivity index (χ0v) is 15.6. The molecule has 0 aliphatic carbocycles. The third-order valence-corrected chi connectivity index (χ3v) is 5.62. The van der Waals surface area contributed by atoms with Crippen molar-refractivity contribution in [2.24, 2.45) is 0 Å². The second kappa shape index (κ2) is 7.73. The fourth-order valence-corrected chi connectivity index (χ4v) is 3.18. The smallest absolute Gasteiger partial charge is 0.338 e. The van der Waals surface area contributed by atoms with Crippen LogP contribution in [0.3, 0.4) is 0 Å². The van der Waals surface area contributed by atoms with Gasteiger partial charge in [0.25, 0.3) is 0 Å². The van der Waals surface area contributed by atoms with Crippen LogP contribution in [0.15, 0.2) is 70.2 Å². The quantitative estimate of drug-likeness (QED) is 0.605. The van der Waals surface area contributed by atoms with Crippen LogP contribution in [0.25, 0.3) is 11.5 Å². The Balaban J connectivity index is 1.64. The molecule has 140 valence electrons. The number of rotatable bonds is 6. The van der Waals surface area contributed by atoms with Gasteiger partial charge in [0.15, 0.2) is 0 Å². The summed E-state index contributed by atoms with van der Waals surface area (Å²) in [5.41, 5.74) is 1.56. The average molecular weight is 386 g/mol. The molecule has 0 unspecified atom stereocenters. The second-order valence-electron chi connectivity index (χ2n) is 5.90. The molecule has 1 aromatic heterocycles. The molecule has 3 rings (SSSR count). The molecule has 0 saturated carbocycles. The average Bonchev–Trinajstić information content (AvgIpc) is 3.16. The Morgan fingerprint density at radius 3 is 2.37 bits per heavy atom. The first kappa shape index (κ1) is 18.8. The van der Waals surface area contributed by atoms with Crippen LogP contribution in [0.2, 0.25) is 0 Å². The Morgan fingerprint density at radius 1 is 1.07 bits per heavy atom. The summed E-state index contributed by atoms with van der Waals surface area (Å²) >= 11 is 0. The second-order valence-corrected chi connectivity index (χ2v) is 8.05. The van der Waals surface area contributed by atoms with Crippen LogP contribution in [0.1, 0.15) is 16.1 Å². The van der Waals surface area contributed by atoms with Crippen molar-refractivity contribution in [3.05, 3.63) is 72.1 Å². The molecule has 0 radical (unpaired) electrons. The monoisotopic (exact) mass is 386 g/mol. The lowest BCUT2D eigenvalue weighted by atomic mass is 10.2. The van der Waals surface area contributed by atoms with E-state index in [4.69, 9.17) is 9.15 Å². The van der Waals surface area contributed by atoms with E-state index in [0.717, 1.165) is 9.87 Å². The Hall–Kier alpha value is -2.97. The third kappa shape index (κ3) is 4.24. The number of oxazole rings is 1. The lowest BCUT2D eigenvalue weighted by molar-refractivity contribution is 0.0467. The largest absolute Gasteiger partial charge is 0.455 e. The van der Waals surface area contributed by atoms with Crippen molar-refractivity contribution < 1.29 is 22.4 Å². The van der Waals surface area contributed by atoms with E-state index in [0.29, 0.717) is 11.6 Å². The maximum atomic E-state index is 12.1. The number of ether oxygens (including phenoxy) is 1. The Morgan fingerprint density at radius 2 is 1.74 bits per heavy atom. The molecule has 0 aliphatic rings. The molecule has 0 aliphatic heterocycles. The van der Waals surface area contributed by atoms with Gasteiger partial charge >= 0.3 is 5.97 Å². The van der Waals surface area contributed by atoms with Gasteiger partial charge in [0.05, 0.1) is 10.5 Å². The fraction of sp³-hybridized carbons (Fsp3) is 0.158. The van der Waals surface area contributed by atoms with E-state index < -0.39 is 16.0 Å². The minimum absolute atomic E-state index is 0.0487. The predicted octanol–water partition coefficient (Wildman–Crippen LogP) is 2.95. The summed E-state index contributed by atoms with van der Waals surface area (Å²) < 4.78 is 35.8. The highest BCUT2D eigenvalue weighted by Gasteiger charge is 2.18. The molecule has 0 N–H and O–H groups in total. The van der Waals surface area contributed by atoms with Crippen molar-refractivity contribution in [1.29, 1.82) is 0 Å². The maximum absolute atomic E-state index is 12.1. The molecule has 7 nitrogen and oxygen atoms in total. The van der Waals surface area contributed by atoms with Crippen LogP contribution < -0.4 is 0 Å². The molecular formula is C19H18N2O5S. The minimum atomic E-state index is -3.54. The van der Waals surface area contributed by atoms with E-state index in [-0.39, 0.29) is 17.1 Å². The zero-order chi connectivity index (χ0) is 19.4. The normalized spacial score (nSPS) is 11.5. The highest BCUT2D eigenvalue weighted by Crippen LogP contribution is 2.19. The SMILES string of the molecule is CN(C)S(=O)(=O)c1ccc(C(=O)OCc2coc(-c3ccccc3)n2)cc1. The van der Waals surface area contributed by atoms with Gasteiger partial charge in [-0.3, -0.25) is 0 Å². The van der Waals surface area contributed by atoms with Gasteiger partial charge in [0, 0.05) is 19.7 Å². The van der Waals surface area contributed by atoms with E-state index in [1.807, 2.05) is 30.3 Å². The van der Waals surface area contributed by atoms with Gasteiger partial charge in [0.2, 0.25) is 15.9 Å². The number of nitrogens with zero attached hydrogens (tertiary/aromatic N) is 2. The van der Waals surface area contributed by atoms with E-state index in [1.165, 1.54) is 44.6 Å². The maximum Gasteiger partial charge on any atom is 0.338 e. The molecule has 0 fully saturated rings. The van der Waals surface area contributed by atoms with E-state index in [2.05, 4.69) is 4.98 Å². The molecule has 0 spiro atoms. The van der Waals surface area contributed by atoms with Crippen molar-refractivity contribution in [3.8, 4) is 11.5 Å². The summed E-state index contributed by atoms with van der Waals surface area (Å²) in [4.78, 5) is 16.5. The van der Waals surface area contributed by atoms with Crippen LogP contribution in [-0.2, 0) is 21.4 Å². The minimum Gasteiger partial charge on any atom is -0.455 e. The summed E-state index contributed by atoms with van der Waals surface area (Å²) in [7, 11) is -0.652. The molecule has 0 saturated heterocycles. The molecule has 0 amide bonds. The molecule has 3 aromatic rings. The molecule has 8 heteroatoms. The summed E-state index contributed by atoms with van der Waals surface area (Å²) in [6.45, 7) is -0.0487. The number of aromatic nitrogens is 1. The number of benzene rings is 2. The topological polar surface area (TPSA) is 89.7 Å². The highest BCUT2D eigenvalue weighted by atomic mass is 32.2. The Kier molecular flexibility index (Phi) is 5.38. The lowest BCUT2D eigenvalue weighted by Gasteiger charge is -2.11. The summed E-state index contributed by atoms with van der Waals surface area (Å²) in [6, 6.07) is 14.9. The lowest BCUT2D eigenvalue weighted by Crippen LogP contribution is -2.22. The zero-order valence-electron chi connectivity index (χ0n) is 14.8. The summed E-state index contributed by atoms with van der Waals surface area (Å²) in [6.07, 6.45) is 1.43. The van der Waals surface area contributed by atoms with Gasteiger partial charge in [-0.15, -0.1) is 0 Å². The molecule has 0 bridgehead atoms. The first-order valence-electron chi connectivity index (χ1n) is 8.07. The Bertz CT molecular complexity index is 1030. The van der Waals surface area contributed by atoms with Gasteiger partial charge in [-0.25, -0.2) is 22.5 Å². The first-order chi connectivity index (χ1) is 12.9. The molecule has 0 atom stereocenters. The van der Waals surface area contributed by atoms with Crippen LogP contribution >= 0.6 is 0 Å². The summed E-state index contributed by atoms with van der Waals surface area (Å²) in [5.74, 6) is -0.132. The molecule has 2 aromatic carbocycles. The van der Waals surface area contributed by atoms with Crippen molar-refractivity contribution in [1.82, 2.24) is 9.29 Å². The third-order valence-electron chi connectivity index (χ3n) is 3.79. The van der Waals surface area contributed by atoms with E-state index in [1.54, 1.807) is 0 Å². The number of hydrogen-bond donors (Lipinski definition) is 0. The van der Waals surface area contributed by atoms with Gasteiger partial charge in [-0.2, -0.15) is 0 Å². The summed E-state index contributed by atoms with van der Waals surface area (Å²) in [5, 5.41) is 0. The van der Waals surface area contributed by atoms with Crippen LogP contribution in [0, 0.1) is 0 Å². The van der Waals surface area contributed by atoms with Crippen LogP contribution in [0.4, 0.5) is 0 Å². The van der Waals surface area contributed by atoms with Crippen molar-refractivity contribution in [2.45, 2.75) is 11.5 Å².